The molecule has 0 radical (unpaired) electrons. The molecule has 164 valence electrons. The summed E-state index contributed by atoms with van der Waals surface area (Å²) in [5, 5.41) is 4.56. The van der Waals surface area contributed by atoms with Crippen molar-refractivity contribution in [3.05, 3.63) is 69.4 Å². The maximum Gasteiger partial charge on any atom is 0.326 e. The SMILES string of the molecule is Cc1nc(-c2ccc3c(c2)[nH]c(=O)n3C2CCN(CC(=O)c3ccc(Cl)cc3)CC2)no1. The number of hydrogen-bond acceptors (Lipinski definition) is 6. The molecule has 2 aromatic heterocycles. The number of benzene rings is 2. The molecular formula is C23H22ClN5O3. The fourth-order valence-corrected chi connectivity index (χ4v) is 4.44. The Morgan fingerprint density at radius 2 is 1.94 bits per heavy atom. The summed E-state index contributed by atoms with van der Waals surface area (Å²) in [6.45, 7) is 3.61. The van der Waals surface area contributed by atoms with Crippen LogP contribution in [0.2, 0.25) is 5.02 Å². The molecule has 0 saturated carbocycles. The second-order valence-electron chi connectivity index (χ2n) is 8.11. The van der Waals surface area contributed by atoms with Crippen LogP contribution in [-0.2, 0) is 0 Å². The Hall–Kier alpha value is -3.23. The van der Waals surface area contributed by atoms with E-state index in [0.29, 0.717) is 28.8 Å². The highest BCUT2D eigenvalue weighted by Crippen LogP contribution is 2.27. The number of Topliss-reactive ketones (excluding diaryl/α,β-unsaturated/α-hetero) is 1. The van der Waals surface area contributed by atoms with Gasteiger partial charge in [-0.05, 0) is 55.3 Å². The maximum absolute atomic E-state index is 12.7. The van der Waals surface area contributed by atoms with E-state index in [-0.39, 0.29) is 17.5 Å². The van der Waals surface area contributed by atoms with Gasteiger partial charge in [0.05, 0.1) is 17.6 Å². The summed E-state index contributed by atoms with van der Waals surface area (Å²) in [6, 6.07) is 12.8. The highest BCUT2D eigenvalue weighted by atomic mass is 35.5. The predicted octanol–water partition coefficient (Wildman–Crippen LogP) is 3.86. The van der Waals surface area contributed by atoms with Crippen LogP contribution in [0.25, 0.3) is 22.4 Å². The van der Waals surface area contributed by atoms with Crippen molar-refractivity contribution in [3.63, 3.8) is 0 Å². The molecule has 8 nitrogen and oxygen atoms in total. The molecule has 5 rings (SSSR count). The van der Waals surface area contributed by atoms with Gasteiger partial charge in [-0.3, -0.25) is 14.3 Å². The maximum atomic E-state index is 12.7. The highest BCUT2D eigenvalue weighted by molar-refractivity contribution is 6.30. The Kier molecular flexibility index (Phi) is 5.40. The predicted molar refractivity (Wildman–Crippen MR) is 121 cm³/mol. The van der Waals surface area contributed by atoms with Crippen molar-refractivity contribution < 1.29 is 9.32 Å². The lowest BCUT2D eigenvalue weighted by Crippen LogP contribution is -2.39. The number of likely N-dealkylation sites (tertiary alicyclic amines) is 1. The number of rotatable bonds is 5. The fourth-order valence-electron chi connectivity index (χ4n) is 4.31. The van der Waals surface area contributed by atoms with Crippen LogP contribution in [-0.4, -0.2) is 50.0 Å². The minimum atomic E-state index is -0.128. The van der Waals surface area contributed by atoms with Crippen LogP contribution >= 0.6 is 11.6 Å². The molecule has 1 aliphatic heterocycles. The van der Waals surface area contributed by atoms with E-state index in [1.54, 1.807) is 31.2 Å². The molecular weight excluding hydrogens is 430 g/mol. The molecule has 0 atom stereocenters. The Morgan fingerprint density at radius 1 is 1.19 bits per heavy atom. The summed E-state index contributed by atoms with van der Waals surface area (Å²) in [4.78, 5) is 34.6. The molecule has 0 bridgehead atoms. The number of aromatic nitrogens is 4. The molecule has 0 spiro atoms. The number of aromatic amines is 1. The van der Waals surface area contributed by atoms with Gasteiger partial charge in [-0.2, -0.15) is 4.98 Å². The number of fused-ring (bicyclic) bond motifs is 1. The molecule has 9 heteroatoms. The van der Waals surface area contributed by atoms with Crippen LogP contribution < -0.4 is 5.69 Å². The van der Waals surface area contributed by atoms with Crippen LogP contribution in [0.4, 0.5) is 0 Å². The van der Waals surface area contributed by atoms with Crippen molar-refractivity contribution in [3.8, 4) is 11.4 Å². The molecule has 0 aliphatic carbocycles. The van der Waals surface area contributed by atoms with Crippen LogP contribution in [0.15, 0.2) is 51.8 Å². The standard InChI is InChI=1S/C23H22ClN5O3/c1-14-25-22(27-32-14)16-4-7-20-19(12-16)26-23(31)29(20)18-8-10-28(11-9-18)13-21(30)15-2-5-17(24)6-3-15/h2-7,12,18H,8-11,13H2,1H3,(H,26,31). The number of hydrogen-bond donors (Lipinski definition) is 1. The van der Waals surface area contributed by atoms with E-state index in [2.05, 4.69) is 20.0 Å². The van der Waals surface area contributed by atoms with E-state index in [9.17, 15) is 9.59 Å². The largest absolute Gasteiger partial charge is 0.339 e. The van der Waals surface area contributed by atoms with E-state index in [1.165, 1.54) is 0 Å². The fraction of sp³-hybridized carbons (Fsp3) is 0.304. The van der Waals surface area contributed by atoms with Gasteiger partial charge in [-0.25, -0.2) is 4.79 Å². The molecule has 1 N–H and O–H groups in total. The third-order valence-corrected chi connectivity index (χ3v) is 6.21. The summed E-state index contributed by atoms with van der Waals surface area (Å²) in [6.07, 6.45) is 1.60. The number of H-pyrrole nitrogens is 1. The van der Waals surface area contributed by atoms with Crippen LogP contribution in [0.3, 0.4) is 0 Å². The van der Waals surface area contributed by atoms with Crippen molar-refractivity contribution in [2.75, 3.05) is 19.6 Å². The number of piperidine rings is 1. The van der Waals surface area contributed by atoms with Crippen LogP contribution in [0.5, 0.6) is 0 Å². The first-order valence-electron chi connectivity index (χ1n) is 10.5. The van der Waals surface area contributed by atoms with E-state index >= 15 is 0 Å². The van der Waals surface area contributed by atoms with Gasteiger partial charge in [0.25, 0.3) is 0 Å². The zero-order valence-electron chi connectivity index (χ0n) is 17.5. The Labute approximate surface area is 188 Å². The Morgan fingerprint density at radius 3 is 2.62 bits per heavy atom. The summed E-state index contributed by atoms with van der Waals surface area (Å²) in [5.41, 5.74) is 2.93. The lowest BCUT2D eigenvalue weighted by molar-refractivity contribution is 0.0898. The van der Waals surface area contributed by atoms with Gasteiger partial charge in [0.2, 0.25) is 11.7 Å². The average molecular weight is 452 g/mol. The molecule has 3 heterocycles. The molecule has 1 aliphatic rings. The third-order valence-electron chi connectivity index (χ3n) is 5.96. The minimum absolute atomic E-state index is 0.0774. The van der Waals surface area contributed by atoms with Crippen molar-refractivity contribution >= 4 is 28.4 Å². The van der Waals surface area contributed by atoms with Gasteiger partial charge in [-0.1, -0.05) is 16.8 Å². The number of nitrogens with zero attached hydrogens (tertiary/aromatic N) is 4. The number of imidazole rings is 1. The minimum Gasteiger partial charge on any atom is -0.339 e. The highest BCUT2D eigenvalue weighted by Gasteiger charge is 2.25. The van der Waals surface area contributed by atoms with Gasteiger partial charge in [0.15, 0.2) is 5.78 Å². The lowest BCUT2D eigenvalue weighted by Gasteiger charge is -2.32. The van der Waals surface area contributed by atoms with E-state index in [4.69, 9.17) is 16.1 Å². The first-order chi connectivity index (χ1) is 15.5. The molecule has 0 unspecified atom stereocenters. The van der Waals surface area contributed by atoms with Gasteiger partial charge in [0, 0.05) is 42.2 Å². The first-order valence-corrected chi connectivity index (χ1v) is 10.9. The van der Waals surface area contributed by atoms with Crippen LogP contribution in [0.1, 0.15) is 35.1 Å². The molecule has 0 amide bonds. The van der Waals surface area contributed by atoms with Gasteiger partial charge < -0.3 is 9.51 Å². The molecule has 1 fully saturated rings. The van der Waals surface area contributed by atoms with Crippen molar-refractivity contribution in [1.82, 2.24) is 24.6 Å². The second kappa shape index (κ2) is 8.37. The van der Waals surface area contributed by atoms with E-state index in [1.807, 2.05) is 22.8 Å². The number of aryl methyl sites for hydroxylation is 1. The molecule has 1 saturated heterocycles. The monoisotopic (exact) mass is 451 g/mol. The molecule has 32 heavy (non-hydrogen) atoms. The van der Waals surface area contributed by atoms with Gasteiger partial charge in [0.1, 0.15) is 0 Å². The number of halogens is 1. The first kappa shape index (κ1) is 20.7. The Bertz CT molecular complexity index is 1330. The van der Waals surface area contributed by atoms with Crippen molar-refractivity contribution in [1.29, 1.82) is 0 Å². The number of nitrogens with one attached hydrogen (secondary N) is 1. The Balaban J connectivity index is 1.29. The summed E-state index contributed by atoms with van der Waals surface area (Å²) >= 11 is 5.91. The van der Waals surface area contributed by atoms with E-state index in [0.717, 1.165) is 42.5 Å². The average Bonchev–Trinajstić information content (AvgIpc) is 3.36. The quantitative estimate of drug-likeness (QED) is 0.463. The zero-order chi connectivity index (χ0) is 22.2. The lowest BCUT2D eigenvalue weighted by atomic mass is 10.0. The topological polar surface area (TPSA) is 97.0 Å². The summed E-state index contributed by atoms with van der Waals surface area (Å²) < 4.78 is 6.89. The van der Waals surface area contributed by atoms with E-state index < -0.39 is 0 Å². The zero-order valence-corrected chi connectivity index (χ0v) is 18.3. The number of carbonyl (C=O) groups excluding carboxylic acids is 1. The van der Waals surface area contributed by atoms with Crippen molar-refractivity contribution in [2.24, 2.45) is 0 Å². The van der Waals surface area contributed by atoms with Crippen molar-refractivity contribution in [2.45, 2.75) is 25.8 Å². The summed E-state index contributed by atoms with van der Waals surface area (Å²) in [7, 11) is 0. The second-order valence-corrected chi connectivity index (χ2v) is 8.54. The molecule has 4 aromatic rings. The molecule has 2 aromatic carbocycles. The number of carbonyl (C=O) groups is 1. The number of ketones is 1. The summed E-state index contributed by atoms with van der Waals surface area (Å²) in [5.74, 6) is 1.07. The van der Waals surface area contributed by atoms with Crippen LogP contribution in [0, 0.1) is 6.92 Å². The smallest absolute Gasteiger partial charge is 0.326 e. The van der Waals surface area contributed by atoms with Gasteiger partial charge in [-0.15, -0.1) is 0 Å². The van der Waals surface area contributed by atoms with Gasteiger partial charge >= 0.3 is 5.69 Å². The third kappa shape index (κ3) is 3.99. The normalized spacial score (nSPS) is 15.4.